The van der Waals surface area contributed by atoms with E-state index in [-0.39, 0.29) is 12.4 Å². The second-order valence-corrected chi connectivity index (χ2v) is 8.64. The first-order chi connectivity index (χ1) is 16.0. The van der Waals surface area contributed by atoms with Gasteiger partial charge >= 0.3 is 0 Å². The first-order valence-corrected chi connectivity index (χ1v) is 11.5. The summed E-state index contributed by atoms with van der Waals surface area (Å²) in [6, 6.07) is 14.8. The van der Waals surface area contributed by atoms with Crippen molar-refractivity contribution in [1.82, 2.24) is 0 Å². The molecule has 0 spiro atoms. The van der Waals surface area contributed by atoms with Gasteiger partial charge in [0.1, 0.15) is 35.9 Å². The van der Waals surface area contributed by atoms with E-state index < -0.39 is 30.7 Å². The van der Waals surface area contributed by atoms with E-state index in [1.165, 1.54) is 37.5 Å². The van der Waals surface area contributed by atoms with Gasteiger partial charge in [0.15, 0.2) is 0 Å². The molecular formula is C26H32O7. The number of allylic oxidation sites excluding steroid dienone is 1. The Balaban J connectivity index is 1.56. The Labute approximate surface area is 193 Å². The van der Waals surface area contributed by atoms with Crippen molar-refractivity contribution in [2.75, 3.05) is 13.7 Å². The molecule has 2 fully saturated rings. The van der Waals surface area contributed by atoms with Gasteiger partial charge in [0.2, 0.25) is 6.29 Å². The number of ether oxygens (including phenoxy) is 3. The number of aromatic hydroxyl groups is 1. The van der Waals surface area contributed by atoms with Crippen LogP contribution in [0.5, 0.6) is 11.5 Å². The SMILES string of the molecule is COC1C(CO)OC(Oc2ccc(C(=C3CCCCC3)c3ccc(O)cc3)cc2)C(O)C1O. The van der Waals surface area contributed by atoms with Gasteiger partial charge in [0.25, 0.3) is 0 Å². The Kier molecular flexibility index (Phi) is 7.67. The highest BCUT2D eigenvalue weighted by Gasteiger charge is 2.45. The van der Waals surface area contributed by atoms with Crippen LogP contribution in [0.2, 0.25) is 0 Å². The summed E-state index contributed by atoms with van der Waals surface area (Å²) in [5.41, 5.74) is 4.69. The molecule has 0 radical (unpaired) electrons. The molecule has 1 saturated carbocycles. The van der Waals surface area contributed by atoms with E-state index in [4.69, 9.17) is 14.2 Å². The number of hydrogen-bond acceptors (Lipinski definition) is 7. The lowest BCUT2D eigenvalue weighted by Crippen LogP contribution is -2.60. The van der Waals surface area contributed by atoms with Crippen LogP contribution in [0.4, 0.5) is 0 Å². The third kappa shape index (κ3) is 5.23. The lowest BCUT2D eigenvalue weighted by Gasteiger charge is -2.41. The lowest BCUT2D eigenvalue weighted by atomic mass is 9.85. The molecule has 5 atom stereocenters. The smallest absolute Gasteiger partial charge is 0.229 e. The monoisotopic (exact) mass is 456 g/mol. The molecule has 4 N–H and O–H groups in total. The van der Waals surface area contributed by atoms with Gasteiger partial charge in [-0.05, 0) is 66.6 Å². The summed E-state index contributed by atoms with van der Waals surface area (Å²) in [7, 11) is 1.39. The minimum absolute atomic E-state index is 0.237. The Morgan fingerprint density at radius 2 is 1.52 bits per heavy atom. The van der Waals surface area contributed by atoms with Crippen LogP contribution < -0.4 is 4.74 Å². The molecule has 178 valence electrons. The van der Waals surface area contributed by atoms with Gasteiger partial charge in [-0.3, -0.25) is 0 Å². The Bertz CT molecular complexity index is 928. The van der Waals surface area contributed by atoms with E-state index >= 15 is 0 Å². The van der Waals surface area contributed by atoms with Crippen molar-refractivity contribution in [2.24, 2.45) is 0 Å². The maximum atomic E-state index is 10.4. The minimum Gasteiger partial charge on any atom is -0.508 e. The number of phenols is 1. The fraction of sp³-hybridized carbons (Fsp3) is 0.462. The zero-order valence-corrected chi connectivity index (χ0v) is 18.8. The molecule has 0 bridgehead atoms. The second kappa shape index (κ2) is 10.7. The van der Waals surface area contributed by atoms with Crippen molar-refractivity contribution >= 4 is 5.57 Å². The summed E-state index contributed by atoms with van der Waals surface area (Å²) in [5.74, 6) is 0.710. The van der Waals surface area contributed by atoms with E-state index in [0.717, 1.165) is 24.0 Å². The summed E-state index contributed by atoms with van der Waals surface area (Å²) in [6.07, 6.45) is 0.330. The first kappa shape index (κ1) is 23.7. The van der Waals surface area contributed by atoms with Gasteiger partial charge in [0, 0.05) is 7.11 Å². The molecule has 0 amide bonds. The van der Waals surface area contributed by atoms with Gasteiger partial charge < -0.3 is 34.6 Å². The van der Waals surface area contributed by atoms with Crippen molar-refractivity contribution in [2.45, 2.75) is 62.8 Å². The third-order valence-electron chi connectivity index (χ3n) is 6.45. The van der Waals surface area contributed by atoms with E-state index in [0.29, 0.717) is 5.75 Å². The molecule has 7 nitrogen and oxygen atoms in total. The molecular weight excluding hydrogens is 424 g/mol. The predicted molar refractivity (Wildman–Crippen MR) is 123 cm³/mol. The number of aliphatic hydroxyl groups excluding tert-OH is 3. The van der Waals surface area contributed by atoms with E-state index in [9.17, 15) is 20.4 Å². The number of benzene rings is 2. The highest BCUT2D eigenvalue weighted by Crippen LogP contribution is 2.36. The highest BCUT2D eigenvalue weighted by molar-refractivity contribution is 5.82. The average molecular weight is 457 g/mol. The van der Waals surface area contributed by atoms with Crippen LogP contribution in [0, 0.1) is 0 Å². The van der Waals surface area contributed by atoms with Crippen LogP contribution in [-0.4, -0.2) is 64.8 Å². The van der Waals surface area contributed by atoms with Crippen LogP contribution in [0.25, 0.3) is 5.57 Å². The Morgan fingerprint density at radius 3 is 2.09 bits per heavy atom. The largest absolute Gasteiger partial charge is 0.508 e. The molecule has 7 heteroatoms. The molecule has 2 aliphatic rings. The van der Waals surface area contributed by atoms with Crippen molar-refractivity contribution < 1.29 is 34.6 Å². The first-order valence-electron chi connectivity index (χ1n) is 11.5. The quantitative estimate of drug-likeness (QED) is 0.529. The number of phenolic OH excluding ortho intramolecular Hbond substituents is 1. The normalized spacial score (nSPS) is 27.9. The van der Waals surface area contributed by atoms with Crippen molar-refractivity contribution in [3.63, 3.8) is 0 Å². The van der Waals surface area contributed by atoms with Crippen LogP contribution in [-0.2, 0) is 9.47 Å². The molecule has 1 saturated heterocycles. The third-order valence-corrected chi connectivity index (χ3v) is 6.45. The maximum absolute atomic E-state index is 10.4. The molecule has 4 rings (SSSR count). The average Bonchev–Trinajstić information content (AvgIpc) is 2.85. The molecule has 5 unspecified atom stereocenters. The second-order valence-electron chi connectivity index (χ2n) is 8.64. The molecule has 0 aromatic heterocycles. The maximum Gasteiger partial charge on any atom is 0.229 e. The van der Waals surface area contributed by atoms with Crippen LogP contribution in [0.15, 0.2) is 54.1 Å². The van der Waals surface area contributed by atoms with E-state index in [2.05, 4.69) is 0 Å². The van der Waals surface area contributed by atoms with Crippen LogP contribution in [0.3, 0.4) is 0 Å². The van der Waals surface area contributed by atoms with Crippen molar-refractivity contribution in [3.8, 4) is 11.5 Å². The summed E-state index contributed by atoms with van der Waals surface area (Å²) in [6.45, 7) is -0.370. The predicted octanol–water partition coefficient (Wildman–Crippen LogP) is 2.99. The fourth-order valence-electron chi connectivity index (χ4n) is 4.71. The number of methoxy groups -OCH3 is 1. The standard InChI is InChI=1S/C26H32O7/c1-31-25-21(15-27)33-26(24(30)23(25)29)32-20-13-9-18(10-14-20)22(16-5-3-2-4-6-16)17-7-11-19(28)12-8-17/h7-14,21,23-30H,2-6,15H2,1H3. The molecule has 33 heavy (non-hydrogen) atoms. The van der Waals surface area contributed by atoms with Gasteiger partial charge in [-0.15, -0.1) is 0 Å². The van der Waals surface area contributed by atoms with Crippen LogP contribution >= 0.6 is 0 Å². The van der Waals surface area contributed by atoms with Crippen molar-refractivity contribution in [3.05, 3.63) is 65.2 Å². The minimum atomic E-state index is -1.32. The van der Waals surface area contributed by atoms with Gasteiger partial charge in [-0.2, -0.15) is 0 Å². The highest BCUT2D eigenvalue weighted by atomic mass is 16.7. The molecule has 1 aliphatic carbocycles. The number of rotatable bonds is 6. The molecule has 2 aromatic carbocycles. The van der Waals surface area contributed by atoms with E-state index in [1.54, 1.807) is 24.3 Å². The topological polar surface area (TPSA) is 109 Å². The Hall–Kier alpha value is -2.42. The molecule has 1 aliphatic heterocycles. The Morgan fingerprint density at radius 1 is 0.909 bits per heavy atom. The van der Waals surface area contributed by atoms with Gasteiger partial charge in [0.05, 0.1) is 6.61 Å². The summed E-state index contributed by atoms with van der Waals surface area (Å²) in [4.78, 5) is 0. The lowest BCUT2D eigenvalue weighted by molar-refractivity contribution is -0.281. The molecule has 1 heterocycles. The number of aliphatic hydroxyl groups is 3. The summed E-state index contributed by atoms with van der Waals surface area (Å²) >= 11 is 0. The zero-order chi connectivity index (χ0) is 23.4. The zero-order valence-electron chi connectivity index (χ0n) is 18.8. The molecule has 2 aromatic rings. The van der Waals surface area contributed by atoms with E-state index in [1.807, 2.05) is 24.3 Å². The summed E-state index contributed by atoms with van der Waals surface area (Å²) < 4.78 is 16.6. The van der Waals surface area contributed by atoms with Gasteiger partial charge in [-0.25, -0.2) is 0 Å². The van der Waals surface area contributed by atoms with Crippen LogP contribution in [0.1, 0.15) is 43.2 Å². The fourth-order valence-corrected chi connectivity index (χ4v) is 4.71. The summed E-state index contributed by atoms with van der Waals surface area (Å²) in [5, 5.41) is 40.0. The van der Waals surface area contributed by atoms with Gasteiger partial charge in [-0.1, -0.05) is 36.3 Å². The number of hydrogen-bond donors (Lipinski definition) is 4. The van der Waals surface area contributed by atoms with Crippen molar-refractivity contribution in [1.29, 1.82) is 0 Å².